The Kier molecular flexibility index (Phi) is 4.40. The highest BCUT2D eigenvalue weighted by atomic mass is 35.5. The van der Waals surface area contributed by atoms with Crippen LogP contribution >= 0.6 is 11.6 Å². The van der Waals surface area contributed by atoms with E-state index in [1.807, 2.05) is 65.0 Å². The molecule has 1 amide bonds. The molecule has 0 radical (unpaired) electrons. The molecule has 0 bridgehead atoms. The molecule has 0 spiro atoms. The molecule has 0 unspecified atom stereocenters. The highest BCUT2D eigenvalue weighted by molar-refractivity contribution is 6.31. The van der Waals surface area contributed by atoms with Crippen molar-refractivity contribution in [1.82, 2.24) is 9.55 Å². The molecule has 6 heteroatoms. The first-order valence-electron chi connectivity index (χ1n) is 8.95. The molecule has 27 heavy (non-hydrogen) atoms. The molecule has 138 valence electrons. The van der Waals surface area contributed by atoms with E-state index in [0.29, 0.717) is 22.5 Å². The number of halogens is 1. The fraction of sp³-hybridized carbons (Fsp3) is 0.238. The van der Waals surface area contributed by atoms with Crippen molar-refractivity contribution in [2.24, 2.45) is 5.92 Å². The van der Waals surface area contributed by atoms with Gasteiger partial charge in [-0.05, 0) is 36.2 Å². The van der Waals surface area contributed by atoms with Crippen LogP contribution in [0.4, 0.5) is 22.9 Å². The molecular formula is C21H21ClN4O. The number of nitrogens with zero attached hydrogens (tertiary/aromatic N) is 4. The van der Waals surface area contributed by atoms with Crippen LogP contribution in [0, 0.1) is 5.92 Å². The maximum Gasteiger partial charge on any atom is 0.283 e. The van der Waals surface area contributed by atoms with Crippen molar-refractivity contribution in [1.29, 1.82) is 0 Å². The van der Waals surface area contributed by atoms with Crippen LogP contribution in [0.25, 0.3) is 0 Å². The van der Waals surface area contributed by atoms with Crippen molar-refractivity contribution in [3.05, 3.63) is 65.6 Å². The van der Waals surface area contributed by atoms with Gasteiger partial charge in [0.05, 0.1) is 17.7 Å². The van der Waals surface area contributed by atoms with Gasteiger partial charge in [0.15, 0.2) is 11.5 Å². The Hall–Kier alpha value is -2.79. The molecular weight excluding hydrogens is 360 g/mol. The van der Waals surface area contributed by atoms with Gasteiger partial charge in [0, 0.05) is 24.3 Å². The summed E-state index contributed by atoms with van der Waals surface area (Å²) in [6.07, 6.45) is 1.75. The van der Waals surface area contributed by atoms with Gasteiger partial charge in [-0.1, -0.05) is 43.6 Å². The third-order valence-electron chi connectivity index (χ3n) is 4.66. The van der Waals surface area contributed by atoms with Crippen molar-refractivity contribution in [3.8, 4) is 0 Å². The fourth-order valence-corrected chi connectivity index (χ4v) is 3.66. The lowest BCUT2D eigenvalue weighted by molar-refractivity contribution is 0.0991. The minimum Gasteiger partial charge on any atom is -0.326 e. The first-order valence-corrected chi connectivity index (χ1v) is 9.33. The molecule has 2 heterocycles. The van der Waals surface area contributed by atoms with Crippen LogP contribution in [0.5, 0.6) is 0 Å². The van der Waals surface area contributed by atoms with E-state index in [1.165, 1.54) is 0 Å². The van der Waals surface area contributed by atoms with Crippen molar-refractivity contribution < 1.29 is 4.79 Å². The van der Waals surface area contributed by atoms with Crippen LogP contribution in [-0.2, 0) is 6.54 Å². The monoisotopic (exact) mass is 380 g/mol. The topological polar surface area (TPSA) is 41.4 Å². The summed E-state index contributed by atoms with van der Waals surface area (Å²) in [7, 11) is 1.93. The molecule has 0 saturated heterocycles. The third-order valence-corrected chi connectivity index (χ3v) is 4.89. The number of amides is 1. The second kappa shape index (κ2) is 6.74. The SMILES string of the molecule is CC(C)Cn1cnc2c1C(=O)N(c1ccccc1)c1cc(Cl)ccc1N2C. The predicted molar refractivity (Wildman–Crippen MR) is 109 cm³/mol. The van der Waals surface area contributed by atoms with E-state index in [1.54, 1.807) is 11.2 Å². The molecule has 3 aromatic rings. The normalized spacial score (nSPS) is 13.6. The van der Waals surface area contributed by atoms with Gasteiger partial charge < -0.3 is 9.47 Å². The van der Waals surface area contributed by atoms with Crippen LogP contribution in [-0.4, -0.2) is 22.5 Å². The fourth-order valence-electron chi connectivity index (χ4n) is 3.49. The van der Waals surface area contributed by atoms with Crippen LogP contribution in [0.2, 0.25) is 5.02 Å². The first-order chi connectivity index (χ1) is 13.0. The van der Waals surface area contributed by atoms with Crippen molar-refractivity contribution in [2.75, 3.05) is 16.8 Å². The number of rotatable bonds is 3. The highest BCUT2D eigenvalue weighted by Gasteiger charge is 2.34. The number of hydrogen-bond donors (Lipinski definition) is 0. The quantitative estimate of drug-likeness (QED) is 0.623. The predicted octanol–water partition coefficient (Wildman–Crippen LogP) is 5.25. The molecule has 1 aromatic heterocycles. The van der Waals surface area contributed by atoms with Gasteiger partial charge in [-0.3, -0.25) is 9.69 Å². The lowest BCUT2D eigenvalue weighted by atomic mass is 10.2. The Morgan fingerprint density at radius 2 is 1.81 bits per heavy atom. The van der Waals surface area contributed by atoms with Crippen LogP contribution < -0.4 is 9.80 Å². The van der Waals surface area contributed by atoms with Crippen LogP contribution in [0.15, 0.2) is 54.9 Å². The number of anilines is 4. The molecule has 1 aliphatic heterocycles. The number of aromatic nitrogens is 2. The standard InChI is InChI=1S/C21H21ClN4O/c1-14(2)12-25-13-23-20-19(25)21(27)26(16-7-5-4-6-8-16)18-11-15(22)9-10-17(18)24(20)3/h4-11,13-14H,12H2,1-3H3. The maximum absolute atomic E-state index is 13.7. The van der Waals surface area contributed by atoms with Crippen LogP contribution in [0.1, 0.15) is 24.3 Å². The van der Waals surface area contributed by atoms with E-state index >= 15 is 0 Å². The summed E-state index contributed by atoms with van der Waals surface area (Å²) in [4.78, 5) is 22.0. The summed E-state index contributed by atoms with van der Waals surface area (Å²) >= 11 is 6.29. The number of para-hydroxylation sites is 1. The third kappa shape index (κ3) is 2.98. The van der Waals surface area contributed by atoms with E-state index in [9.17, 15) is 4.79 Å². The summed E-state index contributed by atoms with van der Waals surface area (Å²) in [6, 6.07) is 15.2. The summed E-state index contributed by atoms with van der Waals surface area (Å²) in [6.45, 7) is 4.98. The van der Waals surface area contributed by atoms with E-state index in [4.69, 9.17) is 11.6 Å². The van der Waals surface area contributed by atoms with Gasteiger partial charge in [-0.25, -0.2) is 4.98 Å². The molecule has 0 N–H and O–H groups in total. The lowest BCUT2D eigenvalue weighted by Crippen LogP contribution is -2.28. The summed E-state index contributed by atoms with van der Waals surface area (Å²) < 4.78 is 1.95. The van der Waals surface area contributed by atoms with E-state index in [2.05, 4.69) is 18.8 Å². The van der Waals surface area contributed by atoms with E-state index in [-0.39, 0.29) is 5.91 Å². The summed E-state index contributed by atoms with van der Waals surface area (Å²) in [5, 5.41) is 0.584. The van der Waals surface area contributed by atoms with Gasteiger partial charge >= 0.3 is 0 Å². The highest BCUT2D eigenvalue weighted by Crippen LogP contribution is 2.43. The molecule has 4 rings (SSSR count). The number of hydrogen-bond acceptors (Lipinski definition) is 3. The smallest absolute Gasteiger partial charge is 0.283 e. The zero-order valence-electron chi connectivity index (χ0n) is 15.6. The van der Waals surface area contributed by atoms with Gasteiger partial charge in [0.2, 0.25) is 0 Å². The van der Waals surface area contributed by atoms with E-state index < -0.39 is 0 Å². The number of imidazole rings is 1. The molecule has 0 fully saturated rings. The van der Waals surface area contributed by atoms with Gasteiger partial charge in [-0.2, -0.15) is 0 Å². The number of carbonyl (C=O) groups is 1. The second-order valence-corrected chi connectivity index (χ2v) is 7.57. The minimum absolute atomic E-state index is 0.109. The molecule has 5 nitrogen and oxygen atoms in total. The molecule has 0 aliphatic carbocycles. The Morgan fingerprint density at radius 3 is 2.52 bits per heavy atom. The number of carbonyl (C=O) groups excluding carboxylic acids is 1. The van der Waals surface area contributed by atoms with Crippen molar-refractivity contribution in [2.45, 2.75) is 20.4 Å². The van der Waals surface area contributed by atoms with Crippen molar-refractivity contribution >= 4 is 40.4 Å². The Morgan fingerprint density at radius 1 is 1.07 bits per heavy atom. The largest absolute Gasteiger partial charge is 0.326 e. The maximum atomic E-state index is 13.7. The van der Waals surface area contributed by atoms with Gasteiger partial charge in [0.25, 0.3) is 5.91 Å². The van der Waals surface area contributed by atoms with Gasteiger partial charge in [-0.15, -0.1) is 0 Å². The Labute approximate surface area is 163 Å². The Bertz CT molecular complexity index is 997. The average Bonchev–Trinajstić information content (AvgIpc) is 3.01. The van der Waals surface area contributed by atoms with Gasteiger partial charge in [0.1, 0.15) is 0 Å². The Balaban J connectivity index is 1.98. The molecule has 1 aliphatic rings. The molecule has 2 aromatic carbocycles. The zero-order valence-corrected chi connectivity index (χ0v) is 16.3. The van der Waals surface area contributed by atoms with Crippen molar-refractivity contribution in [3.63, 3.8) is 0 Å². The number of fused-ring (bicyclic) bond motifs is 2. The van der Waals surface area contributed by atoms with Crippen LogP contribution in [0.3, 0.4) is 0 Å². The lowest BCUT2D eigenvalue weighted by Gasteiger charge is -2.25. The summed E-state index contributed by atoms with van der Waals surface area (Å²) in [5.74, 6) is 0.941. The number of benzene rings is 2. The average molecular weight is 381 g/mol. The second-order valence-electron chi connectivity index (χ2n) is 7.13. The van der Waals surface area contributed by atoms with E-state index in [0.717, 1.165) is 23.6 Å². The molecule has 0 saturated carbocycles. The summed E-state index contributed by atoms with van der Waals surface area (Å²) in [5.41, 5.74) is 3.01. The first kappa shape index (κ1) is 17.6. The minimum atomic E-state index is -0.109. The molecule has 0 atom stereocenters. The zero-order chi connectivity index (χ0) is 19.1.